The average molecular weight is 333 g/mol. The fourth-order valence-corrected chi connectivity index (χ4v) is 3.23. The standard InChI is InChI=1S/C22H23NO2/c1-15-9-7-8-12-17(15)23-18-13-22(2,3)14-19(24)20(18)21(25)16-10-5-4-6-11-16/h4-12,25H,13-14H2,1-3H3. The molecule has 0 amide bonds. The smallest absolute Gasteiger partial charge is 0.169 e. The fourth-order valence-electron chi connectivity index (χ4n) is 3.23. The van der Waals surface area contributed by atoms with Crippen molar-refractivity contribution in [2.24, 2.45) is 10.4 Å². The number of carbonyl (C=O) groups excluding carboxylic acids is 1. The number of allylic oxidation sites excluding steroid dienone is 1. The second kappa shape index (κ2) is 6.67. The largest absolute Gasteiger partial charge is 0.506 e. The Kier molecular flexibility index (Phi) is 4.58. The van der Waals surface area contributed by atoms with Gasteiger partial charge in [-0.05, 0) is 30.4 Å². The van der Waals surface area contributed by atoms with Gasteiger partial charge in [0.05, 0.1) is 17.0 Å². The monoisotopic (exact) mass is 333 g/mol. The van der Waals surface area contributed by atoms with Gasteiger partial charge in [0.25, 0.3) is 0 Å². The van der Waals surface area contributed by atoms with Gasteiger partial charge >= 0.3 is 0 Å². The number of rotatable bonds is 2. The highest BCUT2D eigenvalue weighted by atomic mass is 16.3. The van der Waals surface area contributed by atoms with E-state index < -0.39 is 0 Å². The highest BCUT2D eigenvalue weighted by molar-refractivity contribution is 6.28. The quantitative estimate of drug-likeness (QED) is 0.589. The topological polar surface area (TPSA) is 49.7 Å². The third-order valence-corrected chi connectivity index (χ3v) is 4.51. The molecular formula is C22H23NO2. The molecule has 0 heterocycles. The Hall–Kier alpha value is -2.68. The highest BCUT2D eigenvalue weighted by Gasteiger charge is 2.36. The molecule has 0 aliphatic heterocycles. The zero-order chi connectivity index (χ0) is 18.0. The number of nitrogens with zero attached hydrogens (tertiary/aromatic N) is 1. The van der Waals surface area contributed by atoms with E-state index in [0.717, 1.165) is 11.3 Å². The molecule has 1 aliphatic rings. The van der Waals surface area contributed by atoms with Crippen LogP contribution in [0.3, 0.4) is 0 Å². The molecule has 128 valence electrons. The van der Waals surface area contributed by atoms with Crippen molar-refractivity contribution in [3.8, 4) is 0 Å². The molecule has 3 rings (SSSR count). The van der Waals surface area contributed by atoms with Crippen LogP contribution in [0.4, 0.5) is 5.69 Å². The molecule has 25 heavy (non-hydrogen) atoms. The van der Waals surface area contributed by atoms with E-state index in [4.69, 9.17) is 4.99 Å². The molecule has 0 aromatic heterocycles. The molecule has 3 heteroatoms. The van der Waals surface area contributed by atoms with E-state index in [-0.39, 0.29) is 17.0 Å². The van der Waals surface area contributed by atoms with Gasteiger partial charge in [0, 0.05) is 12.0 Å². The zero-order valence-electron chi connectivity index (χ0n) is 14.9. The van der Waals surface area contributed by atoms with Crippen LogP contribution in [0.1, 0.15) is 37.8 Å². The van der Waals surface area contributed by atoms with Crippen LogP contribution in [0.25, 0.3) is 5.76 Å². The first-order valence-electron chi connectivity index (χ1n) is 8.53. The van der Waals surface area contributed by atoms with Crippen molar-refractivity contribution in [3.63, 3.8) is 0 Å². The first kappa shape index (κ1) is 17.2. The average Bonchev–Trinajstić information content (AvgIpc) is 2.56. The summed E-state index contributed by atoms with van der Waals surface area (Å²) >= 11 is 0. The minimum absolute atomic E-state index is 0.0217. The van der Waals surface area contributed by atoms with Crippen LogP contribution in [0, 0.1) is 12.3 Å². The molecule has 1 N–H and O–H groups in total. The third-order valence-electron chi connectivity index (χ3n) is 4.51. The van der Waals surface area contributed by atoms with Crippen molar-refractivity contribution in [2.75, 3.05) is 0 Å². The third kappa shape index (κ3) is 3.71. The Morgan fingerprint density at radius 3 is 2.32 bits per heavy atom. The van der Waals surface area contributed by atoms with Crippen LogP contribution in [0.15, 0.2) is 65.2 Å². The SMILES string of the molecule is Cc1ccccc1N=C1CC(C)(C)CC(=O)C1=C(O)c1ccccc1. The predicted molar refractivity (Wildman–Crippen MR) is 102 cm³/mol. The molecule has 0 bridgehead atoms. The van der Waals surface area contributed by atoms with Gasteiger partial charge in [-0.2, -0.15) is 0 Å². The molecule has 1 fully saturated rings. The number of Topliss-reactive ketones (excluding diaryl/α,β-unsaturated/α-hetero) is 1. The summed E-state index contributed by atoms with van der Waals surface area (Å²) in [5, 5.41) is 10.8. The Bertz CT molecular complexity index is 861. The molecule has 1 aliphatic carbocycles. The summed E-state index contributed by atoms with van der Waals surface area (Å²) in [5.41, 5.74) is 3.37. The summed E-state index contributed by atoms with van der Waals surface area (Å²) in [6.45, 7) is 6.12. The summed E-state index contributed by atoms with van der Waals surface area (Å²) < 4.78 is 0. The maximum Gasteiger partial charge on any atom is 0.169 e. The van der Waals surface area contributed by atoms with Crippen molar-refractivity contribution >= 4 is 22.9 Å². The number of para-hydroxylation sites is 1. The van der Waals surface area contributed by atoms with E-state index in [1.807, 2.05) is 49.4 Å². The minimum atomic E-state index is -0.168. The van der Waals surface area contributed by atoms with Crippen LogP contribution >= 0.6 is 0 Å². The molecule has 3 nitrogen and oxygen atoms in total. The van der Waals surface area contributed by atoms with Gasteiger partial charge in [0.15, 0.2) is 5.78 Å². The van der Waals surface area contributed by atoms with E-state index in [1.165, 1.54) is 0 Å². The maximum atomic E-state index is 12.8. The van der Waals surface area contributed by atoms with Gasteiger partial charge in [-0.3, -0.25) is 9.79 Å². The van der Waals surface area contributed by atoms with Gasteiger partial charge in [0.2, 0.25) is 0 Å². The Morgan fingerprint density at radius 2 is 1.64 bits per heavy atom. The molecular weight excluding hydrogens is 310 g/mol. The summed E-state index contributed by atoms with van der Waals surface area (Å²) in [7, 11) is 0. The van der Waals surface area contributed by atoms with Gasteiger partial charge in [0.1, 0.15) is 5.76 Å². The van der Waals surface area contributed by atoms with Crippen molar-refractivity contribution in [3.05, 3.63) is 71.3 Å². The lowest BCUT2D eigenvalue weighted by Crippen LogP contribution is -2.32. The second-order valence-electron chi connectivity index (χ2n) is 7.38. The predicted octanol–water partition coefficient (Wildman–Crippen LogP) is 5.43. The van der Waals surface area contributed by atoms with E-state index >= 15 is 0 Å². The van der Waals surface area contributed by atoms with Crippen LogP contribution in [0.5, 0.6) is 0 Å². The number of hydrogen-bond acceptors (Lipinski definition) is 3. The molecule has 2 aromatic rings. The van der Waals surface area contributed by atoms with Crippen LogP contribution in [0.2, 0.25) is 0 Å². The molecule has 0 unspecified atom stereocenters. The lowest BCUT2D eigenvalue weighted by Gasteiger charge is -2.31. The summed E-state index contributed by atoms with van der Waals surface area (Å²) in [5.74, 6) is -0.0293. The van der Waals surface area contributed by atoms with E-state index in [0.29, 0.717) is 29.7 Å². The fraction of sp³-hybridized carbons (Fsp3) is 0.273. The Labute approximate surface area is 148 Å². The highest BCUT2D eigenvalue weighted by Crippen LogP contribution is 2.38. The summed E-state index contributed by atoms with van der Waals surface area (Å²) in [6.07, 6.45) is 1.06. The first-order valence-corrected chi connectivity index (χ1v) is 8.53. The molecule has 0 atom stereocenters. The first-order chi connectivity index (χ1) is 11.9. The van der Waals surface area contributed by atoms with Gasteiger partial charge in [-0.25, -0.2) is 0 Å². The lowest BCUT2D eigenvalue weighted by atomic mass is 9.73. The van der Waals surface area contributed by atoms with Gasteiger partial charge in [-0.1, -0.05) is 62.4 Å². The number of aliphatic imine (C=N–C) groups is 1. The van der Waals surface area contributed by atoms with Crippen LogP contribution in [-0.4, -0.2) is 16.6 Å². The number of benzene rings is 2. The molecule has 0 saturated heterocycles. The number of aliphatic hydroxyl groups is 1. The van der Waals surface area contributed by atoms with E-state index in [9.17, 15) is 9.90 Å². The molecule has 2 aromatic carbocycles. The minimum Gasteiger partial charge on any atom is -0.506 e. The van der Waals surface area contributed by atoms with Crippen LogP contribution < -0.4 is 0 Å². The van der Waals surface area contributed by atoms with Crippen molar-refractivity contribution in [1.29, 1.82) is 0 Å². The van der Waals surface area contributed by atoms with Crippen molar-refractivity contribution < 1.29 is 9.90 Å². The van der Waals surface area contributed by atoms with Crippen LogP contribution in [-0.2, 0) is 4.79 Å². The number of hydrogen-bond donors (Lipinski definition) is 1. The lowest BCUT2D eigenvalue weighted by molar-refractivity contribution is -0.117. The van der Waals surface area contributed by atoms with E-state index in [1.54, 1.807) is 12.1 Å². The number of carbonyl (C=O) groups is 1. The second-order valence-corrected chi connectivity index (χ2v) is 7.38. The Morgan fingerprint density at radius 1 is 1.00 bits per heavy atom. The van der Waals surface area contributed by atoms with E-state index in [2.05, 4.69) is 13.8 Å². The number of aryl methyl sites for hydroxylation is 1. The number of ketones is 1. The summed E-state index contributed by atoms with van der Waals surface area (Å²) in [4.78, 5) is 17.6. The normalized spacial score (nSPS) is 20.6. The maximum absolute atomic E-state index is 12.8. The molecule has 0 radical (unpaired) electrons. The van der Waals surface area contributed by atoms with Crippen molar-refractivity contribution in [1.82, 2.24) is 0 Å². The van der Waals surface area contributed by atoms with Crippen molar-refractivity contribution in [2.45, 2.75) is 33.6 Å². The zero-order valence-corrected chi connectivity index (χ0v) is 14.9. The van der Waals surface area contributed by atoms with Gasteiger partial charge < -0.3 is 5.11 Å². The molecule has 0 spiro atoms. The van der Waals surface area contributed by atoms with Gasteiger partial charge in [-0.15, -0.1) is 0 Å². The summed E-state index contributed by atoms with van der Waals surface area (Å²) in [6, 6.07) is 17.0. The number of aliphatic hydroxyl groups excluding tert-OH is 1. The Balaban J connectivity index is 2.17. The molecule has 1 saturated carbocycles.